The maximum atomic E-state index is 13.8. The van der Waals surface area contributed by atoms with Gasteiger partial charge in [-0.15, -0.1) is 22.9 Å². The lowest BCUT2D eigenvalue weighted by molar-refractivity contribution is 0.586. The van der Waals surface area contributed by atoms with Crippen LogP contribution in [0.5, 0.6) is 0 Å². The summed E-state index contributed by atoms with van der Waals surface area (Å²) in [7, 11) is -3.77. The molecule has 0 N–H and O–H groups in total. The smallest absolute Gasteiger partial charge is 0.264 e. The summed E-state index contributed by atoms with van der Waals surface area (Å²) in [6, 6.07) is 7.34. The highest BCUT2D eigenvalue weighted by molar-refractivity contribution is 7.93. The molecule has 0 saturated heterocycles. The average molecular weight is 334 g/mol. The summed E-state index contributed by atoms with van der Waals surface area (Å²) >= 11 is 6.96. The quantitative estimate of drug-likeness (QED) is 0.780. The summed E-state index contributed by atoms with van der Waals surface area (Å²) in [6.45, 7) is 1.81. The molecule has 0 radical (unpaired) electrons. The molecule has 0 aliphatic carbocycles. The van der Waals surface area contributed by atoms with Crippen LogP contribution < -0.4 is 4.31 Å². The molecule has 1 aromatic carbocycles. The van der Waals surface area contributed by atoms with Gasteiger partial charge in [0.05, 0.1) is 16.5 Å². The molecule has 0 amide bonds. The first-order valence-corrected chi connectivity index (χ1v) is 8.76. The summed E-state index contributed by atoms with van der Waals surface area (Å²) in [4.78, 5) is 0.901. The maximum absolute atomic E-state index is 13.8. The minimum atomic E-state index is -3.77. The zero-order valence-electron chi connectivity index (χ0n) is 10.7. The molecule has 20 heavy (non-hydrogen) atoms. The third kappa shape index (κ3) is 2.82. The minimum Gasteiger partial charge on any atom is -0.264 e. The summed E-state index contributed by atoms with van der Waals surface area (Å²) in [5.41, 5.74) is 0.0497. The van der Waals surface area contributed by atoms with Gasteiger partial charge in [-0.3, -0.25) is 4.31 Å². The van der Waals surface area contributed by atoms with Crippen molar-refractivity contribution < 1.29 is 12.8 Å². The number of anilines is 1. The first kappa shape index (κ1) is 15.3. The molecule has 0 bridgehead atoms. The molecule has 3 nitrogen and oxygen atoms in total. The Morgan fingerprint density at radius 1 is 1.35 bits per heavy atom. The van der Waals surface area contributed by atoms with E-state index in [1.54, 1.807) is 13.0 Å². The van der Waals surface area contributed by atoms with Gasteiger partial charge in [0, 0.05) is 16.8 Å². The van der Waals surface area contributed by atoms with Gasteiger partial charge < -0.3 is 0 Å². The SMILES string of the molecule is CCN(c1ccccc1F)S(=O)(=O)c1csc(CCl)c1. The highest BCUT2D eigenvalue weighted by Gasteiger charge is 2.26. The maximum Gasteiger partial charge on any atom is 0.265 e. The predicted molar refractivity (Wildman–Crippen MR) is 80.5 cm³/mol. The number of alkyl halides is 1. The molecule has 0 aliphatic rings. The monoisotopic (exact) mass is 333 g/mol. The number of para-hydroxylation sites is 1. The van der Waals surface area contributed by atoms with Crippen LogP contribution in [-0.2, 0) is 15.9 Å². The van der Waals surface area contributed by atoms with E-state index in [1.807, 2.05) is 0 Å². The molecule has 0 fully saturated rings. The Morgan fingerprint density at radius 2 is 2.05 bits per heavy atom. The van der Waals surface area contributed by atoms with E-state index in [0.29, 0.717) is 0 Å². The van der Waals surface area contributed by atoms with E-state index in [-0.39, 0.29) is 23.0 Å². The molecule has 2 rings (SSSR count). The fraction of sp³-hybridized carbons (Fsp3) is 0.231. The van der Waals surface area contributed by atoms with Crippen LogP contribution in [0.4, 0.5) is 10.1 Å². The molecule has 0 spiro atoms. The van der Waals surface area contributed by atoms with Gasteiger partial charge in [-0.05, 0) is 25.1 Å². The fourth-order valence-electron chi connectivity index (χ4n) is 1.82. The van der Waals surface area contributed by atoms with Crippen LogP contribution in [0.25, 0.3) is 0 Å². The molecule has 2 aromatic rings. The van der Waals surface area contributed by atoms with Crippen molar-refractivity contribution in [3.63, 3.8) is 0 Å². The van der Waals surface area contributed by atoms with Gasteiger partial charge in [0.2, 0.25) is 0 Å². The largest absolute Gasteiger partial charge is 0.265 e. The van der Waals surface area contributed by atoms with Crippen molar-refractivity contribution in [1.29, 1.82) is 0 Å². The van der Waals surface area contributed by atoms with E-state index >= 15 is 0 Å². The van der Waals surface area contributed by atoms with E-state index in [1.165, 1.54) is 41.0 Å². The predicted octanol–water partition coefficient (Wildman–Crippen LogP) is 3.84. The van der Waals surface area contributed by atoms with Crippen molar-refractivity contribution in [3.05, 3.63) is 46.4 Å². The van der Waals surface area contributed by atoms with Gasteiger partial charge in [0.1, 0.15) is 5.82 Å². The molecule has 0 atom stereocenters. The number of nitrogens with zero attached hydrogens (tertiary/aromatic N) is 1. The first-order chi connectivity index (χ1) is 9.50. The Bertz CT molecular complexity index is 700. The van der Waals surface area contributed by atoms with E-state index in [4.69, 9.17) is 11.6 Å². The Labute approximate surface area is 126 Å². The zero-order valence-corrected chi connectivity index (χ0v) is 13.1. The fourth-order valence-corrected chi connectivity index (χ4v) is 4.67. The number of rotatable bonds is 5. The lowest BCUT2D eigenvalue weighted by atomic mass is 10.3. The van der Waals surface area contributed by atoms with Crippen LogP contribution in [0.2, 0.25) is 0 Å². The van der Waals surface area contributed by atoms with Crippen LogP contribution in [0, 0.1) is 5.82 Å². The normalized spacial score (nSPS) is 11.6. The van der Waals surface area contributed by atoms with Gasteiger partial charge >= 0.3 is 0 Å². The third-order valence-corrected chi connectivity index (χ3v) is 6.16. The Kier molecular flexibility index (Phi) is 4.67. The molecule has 0 aliphatic heterocycles. The second-order valence-corrected chi connectivity index (χ2v) is 7.13. The van der Waals surface area contributed by atoms with Crippen LogP contribution in [0.3, 0.4) is 0 Å². The molecular weight excluding hydrogens is 321 g/mol. The Hall–Kier alpha value is -1.11. The van der Waals surface area contributed by atoms with E-state index in [2.05, 4.69) is 0 Å². The van der Waals surface area contributed by atoms with Crippen molar-refractivity contribution in [2.24, 2.45) is 0 Å². The van der Waals surface area contributed by atoms with Gasteiger partial charge in [-0.1, -0.05) is 12.1 Å². The van der Waals surface area contributed by atoms with Crippen molar-refractivity contribution in [2.45, 2.75) is 17.7 Å². The topological polar surface area (TPSA) is 37.4 Å². The van der Waals surface area contributed by atoms with Crippen LogP contribution in [0.1, 0.15) is 11.8 Å². The van der Waals surface area contributed by atoms with Gasteiger partial charge in [-0.25, -0.2) is 12.8 Å². The summed E-state index contributed by atoms with van der Waals surface area (Å²) in [6.07, 6.45) is 0. The second-order valence-electron chi connectivity index (χ2n) is 4.00. The summed E-state index contributed by atoms with van der Waals surface area (Å²) < 4.78 is 40.0. The van der Waals surface area contributed by atoms with Crippen molar-refractivity contribution >= 4 is 38.6 Å². The lowest BCUT2D eigenvalue weighted by Gasteiger charge is -2.22. The minimum absolute atomic E-state index is 0.0497. The summed E-state index contributed by atoms with van der Waals surface area (Å²) in [5.74, 6) is -0.308. The standard InChI is InChI=1S/C13H13ClFNO2S2/c1-2-16(13-6-4-3-5-12(13)15)20(17,18)11-7-10(8-14)19-9-11/h3-7,9H,2,8H2,1H3. The van der Waals surface area contributed by atoms with Crippen LogP contribution in [0.15, 0.2) is 40.6 Å². The first-order valence-electron chi connectivity index (χ1n) is 5.91. The Balaban J connectivity index is 2.48. The number of benzene rings is 1. The number of halogens is 2. The number of thiophene rings is 1. The van der Waals surface area contributed by atoms with Crippen molar-refractivity contribution in [2.75, 3.05) is 10.8 Å². The highest BCUT2D eigenvalue weighted by atomic mass is 35.5. The van der Waals surface area contributed by atoms with E-state index in [0.717, 1.165) is 9.18 Å². The Morgan fingerprint density at radius 3 is 2.60 bits per heavy atom. The number of hydrogen-bond donors (Lipinski definition) is 0. The number of hydrogen-bond acceptors (Lipinski definition) is 3. The molecular formula is C13H13ClFNO2S2. The summed E-state index contributed by atoms with van der Waals surface area (Å²) in [5, 5.41) is 1.52. The molecule has 108 valence electrons. The van der Waals surface area contributed by atoms with Gasteiger partial charge in [-0.2, -0.15) is 0 Å². The van der Waals surface area contributed by atoms with Crippen LogP contribution >= 0.6 is 22.9 Å². The lowest BCUT2D eigenvalue weighted by Crippen LogP contribution is -2.31. The van der Waals surface area contributed by atoms with Gasteiger partial charge in [0.25, 0.3) is 10.0 Å². The average Bonchev–Trinajstić information content (AvgIpc) is 2.91. The highest BCUT2D eigenvalue weighted by Crippen LogP contribution is 2.28. The molecule has 1 heterocycles. The van der Waals surface area contributed by atoms with Crippen LogP contribution in [-0.4, -0.2) is 15.0 Å². The molecule has 7 heteroatoms. The number of sulfonamides is 1. The second kappa shape index (κ2) is 6.11. The molecule has 0 unspecified atom stereocenters. The van der Waals surface area contributed by atoms with E-state index in [9.17, 15) is 12.8 Å². The molecule has 1 aromatic heterocycles. The zero-order chi connectivity index (χ0) is 14.8. The van der Waals surface area contributed by atoms with Gasteiger partial charge in [0.15, 0.2) is 0 Å². The van der Waals surface area contributed by atoms with Crippen molar-refractivity contribution in [1.82, 2.24) is 0 Å². The van der Waals surface area contributed by atoms with Crippen molar-refractivity contribution in [3.8, 4) is 0 Å². The third-order valence-electron chi connectivity index (χ3n) is 2.76. The molecule has 0 saturated carbocycles. The van der Waals surface area contributed by atoms with E-state index < -0.39 is 15.8 Å².